The molecule has 0 saturated carbocycles. The van der Waals surface area contributed by atoms with Gasteiger partial charge < -0.3 is 19.5 Å². The van der Waals surface area contributed by atoms with Crippen LogP contribution >= 0.6 is 0 Å². The van der Waals surface area contributed by atoms with Crippen LogP contribution in [0.4, 0.5) is 5.69 Å². The molecule has 6 heteroatoms. The van der Waals surface area contributed by atoms with Crippen LogP contribution in [0.25, 0.3) is 0 Å². The molecule has 0 spiro atoms. The lowest BCUT2D eigenvalue weighted by atomic mass is 10.1. The van der Waals surface area contributed by atoms with E-state index in [0.29, 0.717) is 22.7 Å². The van der Waals surface area contributed by atoms with E-state index in [-0.39, 0.29) is 12.3 Å². The fraction of sp³-hybridized carbons (Fsp3) is 0.286. The second-order valence-corrected chi connectivity index (χ2v) is 3.81. The number of ether oxygens (including phenoxy) is 3. The average Bonchev–Trinajstić information content (AvgIpc) is 2.47. The minimum absolute atomic E-state index is 0.0473. The van der Waals surface area contributed by atoms with Crippen LogP contribution in [0.1, 0.15) is 5.56 Å². The normalized spacial score (nSPS) is 9.55. The Balaban J connectivity index is 3.18. The average molecular weight is 279 g/mol. The first-order chi connectivity index (χ1) is 9.55. The number of benzene rings is 1. The van der Waals surface area contributed by atoms with E-state index in [0.717, 1.165) is 6.08 Å². The monoisotopic (exact) mass is 279 g/mol. The summed E-state index contributed by atoms with van der Waals surface area (Å²) in [5.74, 6) is 0.106. The molecule has 0 fully saturated rings. The number of anilines is 1. The van der Waals surface area contributed by atoms with Crippen LogP contribution in [-0.4, -0.2) is 33.2 Å². The number of amides is 1. The highest BCUT2D eigenvalue weighted by Gasteiger charge is 2.15. The summed E-state index contributed by atoms with van der Waals surface area (Å²) in [4.78, 5) is 22.7. The smallest absolute Gasteiger partial charge is 0.310 e. The van der Waals surface area contributed by atoms with Gasteiger partial charge >= 0.3 is 5.97 Å². The molecule has 0 bridgehead atoms. The summed E-state index contributed by atoms with van der Waals surface area (Å²) in [6, 6.07) is 3.20. The minimum Gasteiger partial charge on any atom is -0.496 e. The van der Waals surface area contributed by atoms with Gasteiger partial charge in [-0.2, -0.15) is 0 Å². The Bertz CT molecular complexity index is 525. The second kappa shape index (κ2) is 7.18. The first kappa shape index (κ1) is 15.6. The molecule has 0 aliphatic rings. The van der Waals surface area contributed by atoms with Gasteiger partial charge in [-0.25, -0.2) is 0 Å². The van der Waals surface area contributed by atoms with Crippen molar-refractivity contribution in [3.63, 3.8) is 0 Å². The van der Waals surface area contributed by atoms with Crippen molar-refractivity contribution in [2.45, 2.75) is 6.42 Å². The summed E-state index contributed by atoms with van der Waals surface area (Å²) in [6.45, 7) is 3.38. The molecule has 0 saturated heterocycles. The van der Waals surface area contributed by atoms with Crippen molar-refractivity contribution >= 4 is 17.6 Å². The molecule has 0 heterocycles. The fourth-order valence-corrected chi connectivity index (χ4v) is 1.61. The van der Waals surface area contributed by atoms with Gasteiger partial charge in [0.05, 0.1) is 33.4 Å². The van der Waals surface area contributed by atoms with Gasteiger partial charge in [0.2, 0.25) is 5.91 Å². The number of esters is 1. The van der Waals surface area contributed by atoms with Crippen LogP contribution in [0.3, 0.4) is 0 Å². The molecule has 0 radical (unpaired) electrons. The zero-order chi connectivity index (χ0) is 15.1. The predicted molar refractivity (Wildman–Crippen MR) is 74.1 cm³/mol. The molecule has 6 nitrogen and oxygen atoms in total. The van der Waals surface area contributed by atoms with E-state index >= 15 is 0 Å². The van der Waals surface area contributed by atoms with Crippen molar-refractivity contribution in [1.82, 2.24) is 0 Å². The third-order valence-corrected chi connectivity index (χ3v) is 2.61. The Morgan fingerprint density at radius 1 is 1.20 bits per heavy atom. The summed E-state index contributed by atoms with van der Waals surface area (Å²) in [7, 11) is 4.25. The van der Waals surface area contributed by atoms with E-state index in [4.69, 9.17) is 9.47 Å². The van der Waals surface area contributed by atoms with Crippen LogP contribution in [0, 0.1) is 0 Å². The highest BCUT2D eigenvalue weighted by molar-refractivity contribution is 6.00. The molecule has 20 heavy (non-hydrogen) atoms. The molecule has 1 aromatic rings. The van der Waals surface area contributed by atoms with Crippen LogP contribution in [0.2, 0.25) is 0 Å². The van der Waals surface area contributed by atoms with Gasteiger partial charge in [-0.3, -0.25) is 9.59 Å². The Hall–Kier alpha value is -2.50. The maximum Gasteiger partial charge on any atom is 0.310 e. The first-order valence-electron chi connectivity index (χ1n) is 5.80. The second-order valence-electron chi connectivity index (χ2n) is 3.81. The molecule has 108 valence electrons. The Labute approximate surface area is 117 Å². The van der Waals surface area contributed by atoms with Crippen LogP contribution in [-0.2, 0) is 20.7 Å². The van der Waals surface area contributed by atoms with Gasteiger partial charge in [-0.15, -0.1) is 0 Å². The summed E-state index contributed by atoms with van der Waals surface area (Å²) >= 11 is 0. The molecule has 0 aromatic heterocycles. The third-order valence-electron chi connectivity index (χ3n) is 2.61. The molecule has 0 aliphatic heterocycles. The molecule has 0 aliphatic carbocycles. The number of rotatable bonds is 6. The van der Waals surface area contributed by atoms with E-state index in [1.807, 2.05) is 0 Å². The topological polar surface area (TPSA) is 73.9 Å². The predicted octanol–water partition coefficient (Wildman–Crippen LogP) is 1.54. The number of nitrogens with one attached hydrogen (secondary N) is 1. The van der Waals surface area contributed by atoms with Crippen molar-refractivity contribution in [1.29, 1.82) is 0 Å². The molecule has 1 aromatic carbocycles. The Morgan fingerprint density at radius 2 is 1.85 bits per heavy atom. The molecule has 0 atom stereocenters. The lowest BCUT2D eigenvalue weighted by Gasteiger charge is -2.14. The van der Waals surface area contributed by atoms with Gasteiger partial charge in [-0.05, 0) is 12.1 Å². The number of carbonyl (C=O) groups is 2. The maximum absolute atomic E-state index is 11.4. The Kier molecular flexibility index (Phi) is 5.58. The van der Waals surface area contributed by atoms with Gasteiger partial charge in [0.1, 0.15) is 11.5 Å². The van der Waals surface area contributed by atoms with Gasteiger partial charge in [-0.1, -0.05) is 6.58 Å². The zero-order valence-electron chi connectivity index (χ0n) is 11.7. The summed E-state index contributed by atoms with van der Waals surface area (Å²) in [6.07, 6.45) is 1.19. The van der Waals surface area contributed by atoms with Gasteiger partial charge in [0, 0.05) is 11.6 Å². The quantitative estimate of drug-likeness (QED) is 0.631. The highest BCUT2D eigenvalue weighted by Crippen LogP contribution is 2.33. The van der Waals surface area contributed by atoms with Crippen molar-refractivity contribution < 1.29 is 23.8 Å². The van der Waals surface area contributed by atoms with Crippen molar-refractivity contribution in [2.24, 2.45) is 0 Å². The van der Waals surface area contributed by atoms with Crippen molar-refractivity contribution in [3.05, 3.63) is 30.4 Å². The van der Waals surface area contributed by atoms with Crippen molar-refractivity contribution in [3.8, 4) is 11.5 Å². The Morgan fingerprint density at radius 3 is 2.35 bits per heavy atom. The SMILES string of the molecule is C=CC(=O)Nc1cc(OC)c(CC(=O)OC)cc1OC. The van der Waals surface area contributed by atoms with Crippen LogP contribution in [0.5, 0.6) is 11.5 Å². The summed E-state index contributed by atoms with van der Waals surface area (Å²) < 4.78 is 15.0. The van der Waals surface area contributed by atoms with Crippen LogP contribution in [0.15, 0.2) is 24.8 Å². The minimum atomic E-state index is -0.395. The summed E-state index contributed by atoms with van der Waals surface area (Å²) in [5, 5.41) is 2.60. The largest absolute Gasteiger partial charge is 0.496 e. The van der Waals surface area contributed by atoms with E-state index in [1.165, 1.54) is 21.3 Å². The first-order valence-corrected chi connectivity index (χ1v) is 5.80. The van der Waals surface area contributed by atoms with Crippen LogP contribution < -0.4 is 14.8 Å². The maximum atomic E-state index is 11.4. The van der Waals surface area contributed by atoms with Gasteiger partial charge in [0.15, 0.2) is 0 Å². The van der Waals surface area contributed by atoms with E-state index in [9.17, 15) is 9.59 Å². The lowest BCUT2D eigenvalue weighted by Crippen LogP contribution is -2.10. The number of methoxy groups -OCH3 is 3. The van der Waals surface area contributed by atoms with Gasteiger partial charge in [0.25, 0.3) is 0 Å². The standard InChI is InChI=1S/C14H17NO5/c1-5-13(16)15-10-8-11(18-2)9(6-12(10)19-3)7-14(17)20-4/h5-6,8H,1,7H2,2-4H3,(H,15,16). The fourth-order valence-electron chi connectivity index (χ4n) is 1.61. The molecule has 1 N–H and O–H groups in total. The molecular weight excluding hydrogens is 262 g/mol. The highest BCUT2D eigenvalue weighted by atomic mass is 16.5. The number of carbonyl (C=O) groups excluding carboxylic acids is 2. The zero-order valence-corrected chi connectivity index (χ0v) is 11.7. The van der Waals surface area contributed by atoms with E-state index in [2.05, 4.69) is 16.6 Å². The van der Waals surface area contributed by atoms with E-state index in [1.54, 1.807) is 12.1 Å². The number of hydrogen-bond acceptors (Lipinski definition) is 5. The molecular formula is C14H17NO5. The third kappa shape index (κ3) is 3.74. The molecule has 1 rings (SSSR count). The van der Waals surface area contributed by atoms with E-state index < -0.39 is 5.97 Å². The number of hydrogen-bond donors (Lipinski definition) is 1. The van der Waals surface area contributed by atoms with Crippen molar-refractivity contribution in [2.75, 3.05) is 26.6 Å². The molecule has 0 unspecified atom stereocenters. The summed E-state index contributed by atoms with van der Waals surface area (Å²) in [5.41, 5.74) is 1.04. The lowest BCUT2D eigenvalue weighted by molar-refractivity contribution is -0.139. The molecule has 1 amide bonds.